The van der Waals surface area contributed by atoms with Crippen LogP contribution in [0.5, 0.6) is 0 Å². The van der Waals surface area contributed by atoms with Gasteiger partial charge in [0.05, 0.1) is 0 Å². The second-order valence-electron chi connectivity index (χ2n) is 0. The second kappa shape index (κ2) is 148. The van der Waals surface area contributed by atoms with Crippen molar-refractivity contribution in [3.63, 3.8) is 0 Å². The Hall–Kier alpha value is 4.88. The maximum absolute atomic E-state index is 0. The van der Waals surface area contributed by atoms with Crippen LogP contribution in [0.25, 0.3) is 0 Å². The van der Waals surface area contributed by atoms with Gasteiger partial charge in [0.25, 0.3) is 0 Å². The van der Waals surface area contributed by atoms with E-state index < -0.39 is 0 Å². The summed E-state index contributed by atoms with van der Waals surface area (Å²) in [6.45, 7) is 0. The van der Waals surface area contributed by atoms with Gasteiger partial charge in [-0.2, -0.15) is 0 Å². The number of rotatable bonds is 0. The van der Waals surface area contributed by atoms with Crippen LogP contribution < -0.4 is 0 Å². The molecule has 0 aliphatic carbocycles. The molecule has 0 spiro atoms. The summed E-state index contributed by atoms with van der Waals surface area (Å²) < 4.78 is 0. The molecule has 6 nitrogen and oxygen atoms in total. The van der Waals surface area contributed by atoms with Crippen LogP contribution in [0.15, 0.2) is 0 Å². The molecule has 12 heavy (non-hydrogen) atoms. The normalized spacial score (nSPS) is 0. The quantitative estimate of drug-likeness (QED) is 0.229. The average Bonchev–Trinajstić information content (AvgIpc) is 0. The molecule has 0 aromatic heterocycles. The topological polar surface area (TPSA) is 189 Å². The van der Waals surface area contributed by atoms with Crippen LogP contribution in [-0.4, -0.2) is 78.3 Å². The van der Waals surface area contributed by atoms with Crippen LogP contribution in [0.2, 0.25) is 0 Å². The molecule has 0 radical (unpaired) electrons. The molecule has 0 heterocycles. The van der Waals surface area contributed by atoms with Gasteiger partial charge in [-0.15, -0.1) is 37.2 Å². The summed E-state index contributed by atoms with van der Waals surface area (Å²) in [5.74, 6) is 0. The Morgan fingerprint density at radius 3 is 0.417 bits per heavy atom. The van der Waals surface area contributed by atoms with Crippen molar-refractivity contribution in [2.24, 2.45) is 0 Å². The fraction of sp³-hybridized carbons (Fsp3) is 0. The minimum absolute atomic E-state index is 0. The Balaban J connectivity index is 0. The van der Waals surface area contributed by atoms with E-state index in [9.17, 15) is 0 Å². The third-order valence-electron chi connectivity index (χ3n) is 0. The summed E-state index contributed by atoms with van der Waals surface area (Å²) in [4.78, 5) is 0. The summed E-state index contributed by atoms with van der Waals surface area (Å²) in [7, 11) is 0. The largest absolute Gasteiger partial charge is 0 e. The van der Waals surface area contributed by atoms with E-state index >= 15 is 0 Å². The molecule has 0 fully saturated rings. The molecule has 0 unspecified atom stereocenters. The van der Waals surface area contributed by atoms with Crippen molar-refractivity contribution in [1.82, 2.24) is 0 Å². The Morgan fingerprint density at radius 1 is 0.417 bits per heavy atom. The van der Waals surface area contributed by atoms with Crippen molar-refractivity contribution < 1.29 is 117 Å². The van der Waals surface area contributed by atoms with Crippen molar-refractivity contribution in [3.8, 4) is 0 Å². The summed E-state index contributed by atoms with van der Waals surface area (Å²) in [5, 5.41) is 0. The van der Waals surface area contributed by atoms with E-state index in [0.717, 1.165) is 0 Å². The van der Waals surface area contributed by atoms with Crippen molar-refractivity contribution in [1.29, 1.82) is 0 Å². The van der Waals surface area contributed by atoms with Gasteiger partial charge >= 0.3 is 45.5 Å². The summed E-state index contributed by atoms with van der Waals surface area (Å²) in [6.07, 6.45) is 0. The minimum atomic E-state index is 0. The van der Waals surface area contributed by atoms with Gasteiger partial charge in [-0.3, -0.25) is 0 Å². The van der Waals surface area contributed by atoms with Gasteiger partial charge in [-0.25, -0.2) is 0 Å². The molecule has 0 aliphatic heterocycles. The van der Waals surface area contributed by atoms with E-state index in [1.54, 1.807) is 0 Å². The van der Waals surface area contributed by atoms with Gasteiger partial charge in [0.1, 0.15) is 0 Å². The Kier molecular flexibility index (Phi) is 2200. The van der Waals surface area contributed by atoms with Gasteiger partial charge in [0.2, 0.25) is 0 Å². The predicted molar refractivity (Wildman–Crippen MR) is 52.0 cm³/mol. The molecule has 0 saturated carbocycles. The van der Waals surface area contributed by atoms with E-state index in [2.05, 4.69) is 0 Å². The van der Waals surface area contributed by atoms with Gasteiger partial charge in [0, 0.05) is 84.2 Å². The molecule has 12 heteroatoms. The molecule has 0 aliphatic rings. The van der Waals surface area contributed by atoms with Crippen LogP contribution in [0.1, 0.15) is 0 Å². The molecular formula is H17Cl3ErO6SrYb. The molecule has 12 N–H and O–H groups in total. The third kappa shape index (κ3) is 120. The van der Waals surface area contributed by atoms with Crippen LogP contribution >= 0.6 is 37.2 Å². The van der Waals surface area contributed by atoms with Crippen molar-refractivity contribution >= 4 is 82.7 Å². The van der Waals surface area contributed by atoms with E-state index in [0.29, 0.717) is 0 Å². The summed E-state index contributed by atoms with van der Waals surface area (Å²) in [6, 6.07) is 0. The first-order chi connectivity index (χ1) is 0. The molecular weight excluding hydrogens is 630 g/mol. The van der Waals surface area contributed by atoms with Gasteiger partial charge < -0.3 is 32.9 Å². The van der Waals surface area contributed by atoms with Gasteiger partial charge in [0.15, 0.2) is 0 Å². The maximum atomic E-state index is 0. The molecule has 0 bridgehead atoms. The van der Waals surface area contributed by atoms with E-state index in [4.69, 9.17) is 0 Å². The molecule has 0 atom stereocenters. The van der Waals surface area contributed by atoms with E-state index in [1.165, 1.54) is 0 Å². The third-order valence-corrected chi connectivity index (χ3v) is 0. The van der Waals surface area contributed by atoms with Crippen LogP contribution in [0.3, 0.4) is 0 Å². The second-order valence-corrected chi connectivity index (χ2v) is 0. The maximum Gasteiger partial charge on any atom is 0 e. The van der Waals surface area contributed by atoms with Gasteiger partial charge in [-0.1, -0.05) is 0 Å². The molecule has 0 amide bonds. The van der Waals surface area contributed by atoms with E-state index in [-0.39, 0.29) is 200 Å². The van der Waals surface area contributed by atoms with Gasteiger partial charge in [-0.05, 0) is 0 Å². The monoisotopic (exact) mass is 646 g/mol. The van der Waals surface area contributed by atoms with Crippen LogP contribution in [-0.2, 0) is 0 Å². The molecule has 102 valence electrons. The van der Waals surface area contributed by atoms with E-state index in [1.807, 2.05) is 0 Å². The zero-order chi connectivity index (χ0) is 0. The predicted octanol–water partition coefficient (Wildman–Crippen LogP) is -4.60. The molecule has 0 rings (SSSR count). The SMILES string of the molecule is Cl.Cl.Cl.O.O.O.O.O.O.[Er].[SrH2].[Yb]. The number of hydrogen-bond acceptors (Lipinski definition) is 0. The first kappa shape index (κ1) is 179. The molecule has 0 aromatic carbocycles. The first-order valence-electron chi connectivity index (χ1n) is 0. The minimum Gasteiger partial charge on any atom is 0 e. The smallest absolute Gasteiger partial charge is 0 e. The number of halogens is 3. The fourth-order valence-corrected chi connectivity index (χ4v) is 0. The number of hydrogen-bond donors (Lipinski definition) is 0. The zero-order valence-electron chi connectivity index (χ0n) is 4.78. The van der Waals surface area contributed by atoms with Crippen molar-refractivity contribution in [2.45, 2.75) is 0 Å². The van der Waals surface area contributed by atoms with Crippen molar-refractivity contribution in [2.75, 3.05) is 0 Å². The molecule has 0 aromatic rings. The average molecular weight is 647 g/mol. The standard InChI is InChI=1S/3ClH.Er.6H2O.Sr.Yb.2H/h3*1H;;6*1H2;;;;. The summed E-state index contributed by atoms with van der Waals surface area (Å²) >= 11 is 0. The Morgan fingerprint density at radius 2 is 0.417 bits per heavy atom. The Bertz CT molecular complexity index is 22.8. The van der Waals surface area contributed by atoms with Crippen LogP contribution in [0.4, 0.5) is 0 Å². The van der Waals surface area contributed by atoms with Crippen LogP contribution in [0, 0.1) is 84.2 Å². The van der Waals surface area contributed by atoms with Crippen molar-refractivity contribution in [3.05, 3.63) is 0 Å². The summed E-state index contributed by atoms with van der Waals surface area (Å²) in [5.41, 5.74) is 0. The Labute approximate surface area is 195 Å². The molecule has 0 saturated heterocycles. The zero-order valence-corrected chi connectivity index (χ0v) is 10.8. The first-order valence-corrected chi connectivity index (χ1v) is 0. The fourth-order valence-electron chi connectivity index (χ4n) is 0.